The lowest BCUT2D eigenvalue weighted by atomic mass is 9.71. The summed E-state index contributed by atoms with van der Waals surface area (Å²) in [6, 6.07) is 7.29. The van der Waals surface area contributed by atoms with E-state index in [1.807, 2.05) is 18.2 Å². The molecule has 0 fully saturated rings. The number of nitrogens with one attached hydrogen (secondary N) is 1. The van der Waals surface area contributed by atoms with Crippen LogP contribution in [0.1, 0.15) is 50.3 Å². The molecular formula is C17H26N2O3S. The van der Waals surface area contributed by atoms with E-state index in [9.17, 15) is 13.2 Å². The Kier molecular flexibility index (Phi) is 5.16. The first kappa shape index (κ1) is 17.9. The van der Waals surface area contributed by atoms with E-state index in [1.165, 1.54) is 5.56 Å². The molecule has 2 rings (SSSR count). The summed E-state index contributed by atoms with van der Waals surface area (Å²) >= 11 is 0. The first-order valence-electron chi connectivity index (χ1n) is 7.93. The van der Waals surface area contributed by atoms with E-state index >= 15 is 0 Å². The van der Waals surface area contributed by atoms with Crippen molar-refractivity contribution < 1.29 is 13.2 Å². The number of carbonyl (C=O) groups excluding carboxylic acids is 1. The number of sulfone groups is 1. The van der Waals surface area contributed by atoms with Gasteiger partial charge in [0.05, 0.1) is 17.8 Å². The second kappa shape index (κ2) is 6.61. The third-order valence-corrected chi connectivity index (χ3v) is 5.55. The van der Waals surface area contributed by atoms with Crippen LogP contribution in [-0.4, -0.2) is 32.4 Å². The number of benzene rings is 1. The minimum absolute atomic E-state index is 0.0593. The van der Waals surface area contributed by atoms with Gasteiger partial charge in [0.1, 0.15) is 9.84 Å². The van der Waals surface area contributed by atoms with Gasteiger partial charge in [-0.05, 0) is 35.8 Å². The topological polar surface area (TPSA) is 89.3 Å². The van der Waals surface area contributed by atoms with Crippen molar-refractivity contribution >= 4 is 15.7 Å². The van der Waals surface area contributed by atoms with Crippen molar-refractivity contribution in [2.24, 2.45) is 5.73 Å². The van der Waals surface area contributed by atoms with Gasteiger partial charge in [0.2, 0.25) is 5.91 Å². The van der Waals surface area contributed by atoms with Crippen LogP contribution in [0.4, 0.5) is 0 Å². The number of fused-ring (bicyclic) bond motifs is 1. The van der Waals surface area contributed by atoms with Gasteiger partial charge in [-0.15, -0.1) is 0 Å². The van der Waals surface area contributed by atoms with Crippen molar-refractivity contribution in [3.63, 3.8) is 0 Å². The lowest BCUT2D eigenvalue weighted by molar-refractivity contribution is -0.123. The second-order valence-corrected chi connectivity index (χ2v) is 9.36. The predicted octanol–water partition coefficient (Wildman–Crippen LogP) is 1.68. The molecule has 6 heteroatoms. The van der Waals surface area contributed by atoms with Crippen LogP contribution in [-0.2, 0) is 20.0 Å². The predicted molar refractivity (Wildman–Crippen MR) is 91.9 cm³/mol. The summed E-state index contributed by atoms with van der Waals surface area (Å²) in [5, 5.41) is 2.99. The minimum Gasteiger partial charge on any atom is -0.348 e. The molecule has 0 radical (unpaired) electrons. The first-order chi connectivity index (χ1) is 10.6. The lowest BCUT2D eigenvalue weighted by Crippen LogP contribution is -2.44. The van der Waals surface area contributed by atoms with E-state index in [2.05, 4.69) is 25.2 Å². The Morgan fingerprint density at radius 3 is 2.70 bits per heavy atom. The van der Waals surface area contributed by atoms with Crippen molar-refractivity contribution in [1.29, 1.82) is 0 Å². The molecule has 0 aliphatic heterocycles. The smallest absolute Gasteiger partial charge is 0.237 e. The zero-order valence-corrected chi connectivity index (χ0v) is 14.8. The lowest BCUT2D eigenvalue weighted by Gasteiger charge is -2.37. The summed E-state index contributed by atoms with van der Waals surface area (Å²) in [6.07, 6.45) is 3.13. The Bertz CT molecular complexity index is 683. The maximum absolute atomic E-state index is 12.3. The van der Waals surface area contributed by atoms with E-state index < -0.39 is 15.9 Å². The number of rotatable bonds is 5. The Hall–Kier alpha value is -1.40. The molecule has 23 heavy (non-hydrogen) atoms. The molecule has 0 aromatic heterocycles. The number of carbonyl (C=O) groups is 1. The maximum atomic E-state index is 12.3. The average Bonchev–Trinajstić information content (AvgIpc) is 2.47. The number of nitrogens with two attached hydrogens (primary N) is 1. The van der Waals surface area contributed by atoms with Gasteiger partial charge >= 0.3 is 0 Å². The van der Waals surface area contributed by atoms with Crippen molar-refractivity contribution in [2.75, 3.05) is 12.0 Å². The van der Waals surface area contributed by atoms with Gasteiger partial charge in [0.15, 0.2) is 0 Å². The highest BCUT2D eigenvalue weighted by Crippen LogP contribution is 2.41. The Morgan fingerprint density at radius 1 is 1.39 bits per heavy atom. The summed E-state index contributed by atoms with van der Waals surface area (Å²) < 4.78 is 22.4. The van der Waals surface area contributed by atoms with Gasteiger partial charge in [-0.2, -0.15) is 0 Å². The maximum Gasteiger partial charge on any atom is 0.237 e. The van der Waals surface area contributed by atoms with E-state index in [1.54, 1.807) is 0 Å². The fourth-order valence-electron chi connectivity index (χ4n) is 3.11. The second-order valence-electron chi connectivity index (χ2n) is 7.10. The van der Waals surface area contributed by atoms with E-state index in [0.717, 1.165) is 24.7 Å². The van der Waals surface area contributed by atoms with Crippen molar-refractivity contribution in [2.45, 2.75) is 50.6 Å². The standard InChI is InChI=1S/C17H26N2O3S/c1-17(2)10-8-15(12-6-4-5-7-13(12)17)19-16(20)14(18)9-11-23(3,21)22/h4-7,14-15H,8-11,18H2,1-3H3,(H,19,20). The molecule has 0 saturated carbocycles. The Balaban J connectivity index is 2.07. The molecule has 3 N–H and O–H groups in total. The summed E-state index contributed by atoms with van der Waals surface area (Å²) in [7, 11) is -3.11. The molecule has 0 heterocycles. The molecule has 0 saturated heterocycles. The van der Waals surface area contributed by atoms with Crippen LogP contribution < -0.4 is 11.1 Å². The van der Waals surface area contributed by atoms with Crippen molar-refractivity contribution in [3.8, 4) is 0 Å². The van der Waals surface area contributed by atoms with Gasteiger partial charge in [0, 0.05) is 6.26 Å². The monoisotopic (exact) mass is 338 g/mol. The largest absolute Gasteiger partial charge is 0.348 e. The molecule has 1 aromatic rings. The third-order valence-electron chi connectivity index (χ3n) is 4.58. The summed E-state index contributed by atoms with van der Waals surface area (Å²) in [6.45, 7) is 4.42. The molecule has 1 aliphatic rings. The van der Waals surface area contributed by atoms with Crippen LogP contribution in [0, 0.1) is 0 Å². The van der Waals surface area contributed by atoms with Crippen LogP contribution in [0.3, 0.4) is 0 Å². The van der Waals surface area contributed by atoms with Crippen LogP contribution in [0.2, 0.25) is 0 Å². The third kappa shape index (κ3) is 4.54. The molecule has 2 unspecified atom stereocenters. The molecule has 1 aliphatic carbocycles. The highest BCUT2D eigenvalue weighted by molar-refractivity contribution is 7.90. The molecule has 0 bridgehead atoms. The van der Waals surface area contributed by atoms with Gasteiger partial charge in [-0.25, -0.2) is 8.42 Å². The van der Waals surface area contributed by atoms with Gasteiger partial charge < -0.3 is 11.1 Å². The normalized spacial score (nSPS) is 21.3. The molecule has 1 aromatic carbocycles. The number of hydrogen-bond donors (Lipinski definition) is 2. The van der Waals surface area contributed by atoms with Gasteiger partial charge in [0.25, 0.3) is 0 Å². The molecule has 2 atom stereocenters. The van der Waals surface area contributed by atoms with Crippen LogP contribution in [0.15, 0.2) is 24.3 Å². The summed E-state index contributed by atoms with van der Waals surface area (Å²) in [4.78, 5) is 12.3. The average molecular weight is 338 g/mol. The molecule has 1 amide bonds. The van der Waals surface area contributed by atoms with Crippen LogP contribution in [0.25, 0.3) is 0 Å². The Morgan fingerprint density at radius 2 is 2.04 bits per heavy atom. The fourth-order valence-corrected chi connectivity index (χ4v) is 3.80. The zero-order chi connectivity index (χ0) is 17.3. The van der Waals surface area contributed by atoms with Crippen molar-refractivity contribution in [1.82, 2.24) is 5.32 Å². The Labute approximate surface area is 138 Å². The van der Waals surface area contributed by atoms with E-state index in [4.69, 9.17) is 5.73 Å². The molecule has 5 nitrogen and oxygen atoms in total. The van der Waals surface area contributed by atoms with Crippen LogP contribution in [0.5, 0.6) is 0 Å². The van der Waals surface area contributed by atoms with E-state index in [-0.39, 0.29) is 29.5 Å². The highest BCUT2D eigenvalue weighted by atomic mass is 32.2. The highest BCUT2D eigenvalue weighted by Gasteiger charge is 2.33. The quantitative estimate of drug-likeness (QED) is 0.855. The zero-order valence-electron chi connectivity index (χ0n) is 14.0. The number of hydrogen-bond acceptors (Lipinski definition) is 4. The van der Waals surface area contributed by atoms with Gasteiger partial charge in [-0.3, -0.25) is 4.79 Å². The van der Waals surface area contributed by atoms with Gasteiger partial charge in [-0.1, -0.05) is 38.1 Å². The summed E-state index contributed by atoms with van der Waals surface area (Å²) in [5.74, 6) is -0.358. The first-order valence-corrected chi connectivity index (χ1v) is 9.99. The minimum atomic E-state index is -3.11. The SMILES string of the molecule is CC1(C)CCC(NC(=O)C(N)CCS(C)(=O)=O)c2ccccc21. The number of amides is 1. The van der Waals surface area contributed by atoms with Crippen molar-refractivity contribution in [3.05, 3.63) is 35.4 Å². The molecule has 128 valence electrons. The summed E-state index contributed by atoms with van der Waals surface area (Å²) in [5.41, 5.74) is 8.31. The van der Waals surface area contributed by atoms with Crippen LogP contribution >= 0.6 is 0 Å². The molecule has 0 spiro atoms. The van der Waals surface area contributed by atoms with E-state index in [0.29, 0.717) is 0 Å². The molecular weight excluding hydrogens is 312 g/mol. The fraction of sp³-hybridized carbons (Fsp3) is 0.588.